The monoisotopic (exact) mass is 207 g/mol. The molecule has 1 aliphatic heterocycles. The maximum atomic E-state index is 2.60. The van der Waals surface area contributed by atoms with Crippen LogP contribution in [-0.4, -0.2) is 24.5 Å². The molecule has 15 heavy (non-hydrogen) atoms. The Kier molecular flexibility index (Phi) is 5.70. The zero-order valence-corrected chi connectivity index (χ0v) is 10.6. The standard InChI is InChI=1S/C14H25N/c1-4-7-10-15-11-9-13(6-3)14(12-15)8-5-2/h6,8H,4-5,7,9-12H2,1-3H3/b13-6+,14-8+. The summed E-state index contributed by atoms with van der Waals surface area (Å²) in [5.74, 6) is 0. The Morgan fingerprint density at radius 1 is 1.27 bits per heavy atom. The van der Waals surface area contributed by atoms with E-state index in [2.05, 4.69) is 37.8 Å². The summed E-state index contributed by atoms with van der Waals surface area (Å²) in [7, 11) is 0. The van der Waals surface area contributed by atoms with Crippen LogP contribution in [0.25, 0.3) is 0 Å². The van der Waals surface area contributed by atoms with Crippen LogP contribution in [0.4, 0.5) is 0 Å². The van der Waals surface area contributed by atoms with Gasteiger partial charge in [-0.25, -0.2) is 0 Å². The fourth-order valence-corrected chi connectivity index (χ4v) is 2.20. The lowest BCUT2D eigenvalue weighted by Crippen LogP contribution is -2.33. The lowest BCUT2D eigenvalue weighted by Gasteiger charge is -2.30. The normalized spacial score (nSPS) is 23.9. The van der Waals surface area contributed by atoms with E-state index >= 15 is 0 Å². The molecule has 1 rings (SSSR count). The number of rotatable bonds is 4. The molecule has 0 aromatic rings. The molecule has 0 N–H and O–H groups in total. The van der Waals surface area contributed by atoms with Gasteiger partial charge in [-0.2, -0.15) is 0 Å². The number of likely N-dealkylation sites (tertiary alicyclic amines) is 1. The molecule has 0 radical (unpaired) electrons. The van der Waals surface area contributed by atoms with Gasteiger partial charge in [0.25, 0.3) is 0 Å². The summed E-state index contributed by atoms with van der Waals surface area (Å²) in [6.07, 6.45) is 9.73. The summed E-state index contributed by atoms with van der Waals surface area (Å²) in [5, 5.41) is 0. The molecule has 1 aliphatic rings. The maximum Gasteiger partial charge on any atom is 0.0233 e. The van der Waals surface area contributed by atoms with E-state index in [1.807, 2.05) is 0 Å². The van der Waals surface area contributed by atoms with Crippen molar-refractivity contribution in [3.8, 4) is 0 Å². The van der Waals surface area contributed by atoms with Crippen molar-refractivity contribution in [3.63, 3.8) is 0 Å². The third-order valence-corrected chi connectivity index (χ3v) is 3.13. The predicted octanol–water partition coefficient (Wildman–Crippen LogP) is 3.77. The van der Waals surface area contributed by atoms with Crippen LogP contribution in [-0.2, 0) is 0 Å². The molecule has 0 atom stereocenters. The fraction of sp³-hybridized carbons (Fsp3) is 0.714. The highest BCUT2D eigenvalue weighted by Gasteiger charge is 2.16. The second-order valence-corrected chi connectivity index (χ2v) is 4.33. The Morgan fingerprint density at radius 2 is 2.07 bits per heavy atom. The molecule has 0 aromatic heterocycles. The van der Waals surface area contributed by atoms with Gasteiger partial charge in [-0.15, -0.1) is 0 Å². The van der Waals surface area contributed by atoms with Crippen molar-refractivity contribution in [2.45, 2.75) is 46.5 Å². The molecule has 1 heteroatoms. The van der Waals surface area contributed by atoms with Gasteiger partial charge in [0.15, 0.2) is 0 Å². The van der Waals surface area contributed by atoms with Gasteiger partial charge in [-0.1, -0.05) is 32.4 Å². The van der Waals surface area contributed by atoms with Gasteiger partial charge in [-0.05, 0) is 43.9 Å². The minimum Gasteiger partial charge on any atom is -0.299 e. The summed E-state index contributed by atoms with van der Waals surface area (Å²) in [5.41, 5.74) is 3.15. The smallest absolute Gasteiger partial charge is 0.0233 e. The summed E-state index contributed by atoms with van der Waals surface area (Å²) in [6, 6.07) is 0. The maximum absolute atomic E-state index is 2.60. The van der Waals surface area contributed by atoms with E-state index in [1.54, 1.807) is 11.1 Å². The van der Waals surface area contributed by atoms with Crippen molar-refractivity contribution in [1.82, 2.24) is 4.90 Å². The second-order valence-electron chi connectivity index (χ2n) is 4.33. The van der Waals surface area contributed by atoms with Crippen LogP contribution < -0.4 is 0 Å². The highest BCUT2D eigenvalue weighted by atomic mass is 15.1. The highest BCUT2D eigenvalue weighted by molar-refractivity contribution is 5.33. The number of hydrogen-bond acceptors (Lipinski definition) is 1. The topological polar surface area (TPSA) is 3.24 Å². The van der Waals surface area contributed by atoms with Gasteiger partial charge in [0.2, 0.25) is 0 Å². The Labute approximate surface area is 94.9 Å². The van der Waals surface area contributed by atoms with Crippen LogP contribution in [0.2, 0.25) is 0 Å². The van der Waals surface area contributed by atoms with E-state index in [9.17, 15) is 0 Å². The largest absolute Gasteiger partial charge is 0.299 e. The van der Waals surface area contributed by atoms with Crippen molar-refractivity contribution in [1.29, 1.82) is 0 Å². The third-order valence-electron chi connectivity index (χ3n) is 3.13. The Morgan fingerprint density at radius 3 is 2.67 bits per heavy atom. The molecule has 0 spiro atoms. The van der Waals surface area contributed by atoms with Crippen molar-refractivity contribution < 1.29 is 0 Å². The fourth-order valence-electron chi connectivity index (χ4n) is 2.20. The lowest BCUT2D eigenvalue weighted by molar-refractivity contribution is 0.280. The molecule has 1 fully saturated rings. The average molecular weight is 207 g/mol. The molecule has 0 aliphatic carbocycles. The predicted molar refractivity (Wildman–Crippen MR) is 68.1 cm³/mol. The minimum absolute atomic E-state index is 1.16. The van der Waals surface area contributed by atoms with Gasteiger partial charge < -0.3 is 0 Å². The van der Waals surface area contributed by atoms with E-state index in [-0.39, 0.29) is 0 Å². The number of nitrogens with zero attached hydrogens (tertiary/aromatic N) is 1. The summed E-state index contributed by atoms with van der Waals surface area (Å²) in [4.78, 5) is 2.60. The van der Waals surface area contributed by atoms with Crippen LogP contribution >= 0.6 is 0 Å². The van der Waals surface area contributed by atoms with Crippen molar-refractivity contribution in [2.75, 3.05) is 19.6 Å². The molecule has 1 saturated heterocycles. The van der Waals surface area contributed by atoms with Crippen LogP contribution in [0, 0.1) is 0 Å². The van der Waals surface area contributed by atoms with Crippen LogP contribution in [0.3, 0.4) is 0 Å². The van der Waals surface area contributed by atoms with Crippen LogP contribution in [0.15, 0.2) is 23.3 Å². The van der Waals surface area contributed by atoms with Crippen LogP contribution in [0.1, 0.15) is 46.5 Å². The molecular formula is C14H25N. The molecule has 0 bridgehead atoms. The second kappa shape index (κ2) is 6.84. The summed E-state index contributed by atoms with van der Waals surface area (Å²) in [6.45, 7) is 10.4. The molecule has 1 heterocycles. The van der Waals surface area contributed by atoms with Crippen molar-refractivity contribution in [2.24, 2.45) is 0 Å². The van der Waals surface area contributed by atoms with Crippen molar-refractivity contribution in [3.05, 3.63) is 23.3 Å². The van der Waals surface area contributed by atoms with Crippen molar-refractivity contribution >= 4 is 0 Å². The van der Waals surface area contributed by atoms with Gasteiger partial charge in [0.05, 0.1) is 0 Å². The minimum atomic E-state index is 1.16. The first-order valence-corrected chi connectivity index (χ1v) is 6.38. The van der Waals surface area contributed by atoms with Gasteiger partial charge in [0, 0.05) is 13.1 Å². The molecule has 0 aromatic carbocycles. The molecule has 0 amide bonds. The molecule has 0 saturated carbocycles. The molecule has 1 nitrogen and oxygen atoms in total. The summed E-state index contributed by atoms with van der Waals surface area (Å²) < 4.78 is 0. The summed E-state index contributed by atoms with van der Waals surface area (Å²) >= 11 is 0. The SMILES string of the molecule is C/C=C1\CCN(CCCC)C\C1=C/CC. The number of allylic oxidation sites excluding steroid dienone is 2. The number of unbranched alkanes of at least 4 members (excludes halogenated alkanes) is 1. The van der Waals surface area contributed by atoms with E-state index in [1.165, 1.54) is 38.9 Å². The number of hydrogen-bond donors (Lipinski definition) is 0. The first kappa shape index (κ1) is 12.5. The Balaban J connectivity index is 2.54. The first-order chi connectivity index (χ1) is 7.31. The molecule has 0 unspecified atom stereocenters. The highest BCUT2D eigenvalue weighted by Crippen LogP contribution is 2.22. The zero-order chi connectivity index (χ0) is 11.1. The lowest BCUT2D eigenvalue weighted by atomic mass is 9.96. The van der Waals surface area contributed by atoms with E-state index in [0.29, 0.717) is 0 Å². The molecular weight excluding hydrogens is 182 g/mol. The molecule has 86 valence electrons. The van der Waals surface area contributed by atoms with E-state index in [0.717, 1.165) is 6.42 Å². The van der Waals surface area contributed by atoms with Crippen LogP contribution in [0.5, 0.6) is 0 Å². The third kappa shape index (κ3) is 3.83. The number of piperidine rings is 1. The first-order valence-electron chi connectivity index (χ1n) is 6.38. The van der Waals surface area contributed by atoms with E-state index < -0.39 is 0 Å². The zero-order valence-electron chi connectivity index (χ0n) is 10.6. The van der Waals surface area contributed by atoms with E-state index in [4.69, 9.17) is 0 Å². The van der Waals surface area contributed by atoms with Gasteiger partial charge in [-0.3, -0.25) is 4.90 Å². The average Bonchev–Trinajstić information content (AvgIpc) is 2.27. The Bertz CT molecular complexity index is 238. The van der Waals surface area contributed by atoms with Gasteiger partial charge >= 0.3 is 0 Å². The van der Waals surface area contributed by atoms with Gasteiger partial charge in [0.1, 0.15) is 0 Å². The Hall–Kier alpha value is -0.560. The quantitative estimate of drug-likeness (QED) is 0.678.